The lowest BCUT2D eigenvalue weighted by Crippen LogP contribution is -2.18. The third-order valence-electron chi connectivity index (χ3n) is 3.34. The smallest absolute Gasteiger partial charge is 0.134 e. The van der Waals surface area contributed by atoms with Gasteiger partial charge < -0.3 is 10.2 Å². The third kappa shape index (κ3) is 2.65. The second kappa shape index (κ2) is 4.95. The van der Waals surface area contributed by atoms with Gasteiger partial charge in [0.25, 0.3) is 0 Å². The highest BCUT2D eigenvalue weighted by Gasteiger charge is 2.24. The molecule has 4 heteroatoms. The van der Waals surface area contributed by atoms with Crippen LogP contribution in [0.3, 0.4) is 0 Å². The van der Waals surface area contributed by atoms with E-state index in [1.54, 1.807) is 24.3 Å². The minimum Gasteiger partial charge on any atom is -0.506 e. The van der Waals surface area contributed by atoms with E-state index in [9.17, 15) is 10.2 Å². The third-order valence-corrected chi connectivity index (χ3v) is 3.97. The predicted octanol–water partition coefficient (Wildman–Crippen LogP) is 4.73. The van der Waals surface area contributed by atoms with Crippen LogP contribution in [0.1, 0.15) is 25.0 Å². The van der Waals surface area contributed by atoms with Crippen molar-refractivity contribution in [3.63, 3.8) is 0 Å². The van der Waals surface area contributed by atoms with E-state index >= 15 is 0 Å². The second-order valence-electron chi connectivity index (χ2n) is 4.96. The summed E-state index contributed by atoms with van der Waals surface area (Å²) in [6.45, 7) is 4.00. The molecule has 19 heavy (non-hydrogen) atoms. The van der Waals surface area contributed by atoms with E-state index in [2.05, 4.69) is 0 Å². The van der Waals surface area contributed by atoms with Crippen molar-refractivity contribution in [3.05, 3.63) is 57.6 Å². The van der Waals surface area contributed by atoms with Gasteiger partial charge in [-0.3, -0.25) is 0 Å². The second-order valence-corrected chi connectivity index (χ2v) is 5.77. The summed E-state index contributed by atoms with van der Waals surface area (Å²) >= 11 is 11.6. The summed E-state index contributed by atoms with van der Waals surface area (Å²) in [5, 5.41) is 20.0. The SMILES string of the molecule is CC(C)(c1ccc(Cl)c(O)c1)c1ccc(Cl)c(O)c1. The fourth-order valence-electron chi connectivity index (χ4n) is 1.97. The van der Waals surface area contributed by atoms with Gasteiger partial charge in [-0.05, 0) is 35.4 Å². The van der Waals surface area contributed by atoms with Crippen molar-refractivity contribution in [2.24, 2.45) is 0 Å². The molecule has 0 unspecified atom stereocenters. The molecule has 2 N–H and O–H groups in total. The Morgan fingerprint density at radius 2 is 1.16 bits per heavy atom. The summed E-state index contributed by atoms with van der Waals surface area (Å²) in [5.74, 6) is 0.0934. The summed E-state index contributed by atoms with van der Waals surface area (Å²) in [4.78, 5) is 0. The highest BCUT2D eigenvalue weighted by Crippen LogP contribution is 2.37. The topological polar surface area (TPSA) is 40.5 Å². The standard InChI is InChI=1S/C15H14Cl2O2/c1-15(2,9-3-5-11(16)13(18)7-9)10-4-6-12(17)14(19)8-10/h3-8,18-19H,1-2H3. The lowest BCUT2D eigenvalue weighted by molar-refractivity contribution is 0.470. The van der Waals surface area contributed by atoms with Gasteiger partial charge in [0.1, 0.15) is 11.5 Å². The maximum atomic E-state index is 9.71. The molecule has 0 aliphatic rings. The Kier molecular flexibility index (Phi) is 3.66. The molecule has 0 aliphatic carbocycles. The molecule has 2 aromatic carbocycles. The maximum Gasteiger partial charge on any atom is 0.134 e. The molecule has 0 amide bonds. The van der Waals surface area contributed by atoms with Crippen LogP contribution in [0, 0.1) is 0 Å². The molecule has 0 aromatic heterocycles. The minimum atomic E-state index is -0.385. The highest BCUT2D eigenvalue weighted by atomic mass is 35.5. The van der Waals surface area contributed by atoms with Gasteiger partial charge in [-0.1, -0.05) is 49.2 Å². The van der Waals surface area contributed by atoms with E-state index in [1.807, 2.05) is 26.0 Å². The number of phenols is 2. The Balaban J connectivity index is 2.51. The van der Waals surface area contributed by atoms with Crippen molar-refractivity contribution in [1.29, 1.82) is 0 Å². The molecule has 0 atom stereocenters. The van der Waals surface area contributed by atoms with Crippen LogP contribution in [0.4, 0.5) is 0 Å². The zero-order valence-electron chi connectivity index (χ0n) is 10.6. The van der Waals surface area contributed by atoms with Crippen molar-refractivity contribution < 1.29 is 10.2 Å². The van der Waals surface area contributed by atoms with Crippen LogP contribution in [-0.2, 0) is 5.41 Å². The molecule has 100 valence electrons. The largest absolute Gasteiger partial charge is 0.506 e. The van der Waals surface area contributed by atoms with Gasteiger partial charge in [0.15, 0.2) is 0 Å². The molecule has 2 aromatic rings. The van der Waals surface area contributed by atoms with Crippen molar-refractivity contribution >= 4 is 23.2 Å². The summed E-state index contributed by atoms with van der Waals surface area (Å²) in [7, 11) is 0. The van der Waals surface area contributed by atoms with Crippen LogP contribution in [0.25, 0.3) is 0 Å². The molecular formula is C15H14Cl2O2. The molecular weight excluding hydrogens is 283 g/mol. The molecule has 0 aliphatic heterocycles. The van der Waals surface area contributed by atoms with Crippen LogP contribution < -0.4 is 0 Å². The van der Waals surface area contributed by atoms with Crippen molar-refractivity contribution in [3.8, 4) is 11.5 Å². The van der Waals surface area contributed by atoms with Gasteiger partial charge in [0.2, 0.25) is 0 Å². The maximum absolute atomic E-state index is 9.71. The number of hydrogen-bond donors (Lipinski definition) is 2. The van der Waals surface area contributed by atoms with Crippen molar-refractivity contribution in [2.75, 3.05) is 0 Å². The van der Waals surface area contributed by atoms with Gasteiger partial charge >= 0.3 is 0 Å². The Hall–Kier alpha value is -1.38. The Morgan fingerprint density at radius 1 is 0.789 bits per heavy atom. The number of hydrogen-bond acceptors (Lipinski definition) is 2. The zero-order valence-corrected chi connectivity index (χ0v) is 12.1. The van der Waals surface area contributed by atoms with E-state index in [0.29, 0.717) is 10.0 Å². The van der Waals surface area contributed by atoms with E-state index in [-0.39, 0.29) is 16.9 Å². The molecule has 0 fully saturated rings. The normalized spacial score (nSPS) is 11.6. The summed E-state index contributed by atoms with van der Waals surface area (Å²) in [6.07, 6.45) is 0. The average Bonchev–Trinajstić information content (AvgIpc) is 2.35. The summed E-state index contributed by atoms with van der Waals surface area (Å²) < 4.78 is 0. The van der Waals surface area contributed by atoms with E-state index in [1.165, 1.54) is 0 Å². The van der Waals surface area contributed by atoms with Crippen LogP contribution >= 0.6 is 23.2 Å². The number of halogens is 2. The van der Waals surface area contributed by atoms with Gasteiger partial charge in [0, 0.05) is 5.41 Å². The van der Waals surface area contributed by atoms with Gasteiger partial charge in [-0.15, -0.1) is 0 Å². The zero-order chi connectivity index (χ0) is 14.2. The molecule has 0 saturated carbocycles. The van der Waals surface area contributed by atoms with Crippen LogP contribution in [0.5, 0.6) is 11.5 Å². The minimum absolute atomic E-state index is 0.0467. The molecule has 0 radical (unpaired) electrons. The first kappa shape index (κ1) is 14.0. The van der Waals surface area contributed by atoms with Crippen LogP contribution in [-0.4, -0.2) is 10.2 Å². The molecule has 2 rings (SSSR count). The van der Waals surface area contributed by atoms with E-state index in [0.717, 1.165) is 11.1 Å². The average molecular weight is 297 g/mol. The Labute approximate surface area is 122 Å². The molecule has 0 heterocycles. The van der Waals surface area contributed by atoms with Crippen LogP contribution in [0.15, 0.2) is 36.4 Å². The Bertz CT molecular complexity index is 568. The Morgan fingerprint density at radius 3 is 1.47 bits per heavy atom. The lowest BCUT2D eigenvalue weighted by Gasteiger charge is -2.26. The number of benzene rings is 2. The monoisotopic (exact) mass is 296 g/mol. The summed E-state index contributed by atoms with van der Waals surface area (Å²) in [5.41, 5.74) is 1.41. The fraction of sp³-hybridized carbons (Fsp3) is 0.200. The first-order chi connectivity index (χ1) is 8.82. The van der Waals surface area contributed by atoms with Crippen LogP contribution in [0.2, 0.25) is 10.0 Å². The van der Waals surface area contributed by atoms with Gasteiger partial charge in [0.05, 0.1) is 10.0 Å². The van der Waals surface area contributed by atoms with E-state index < -0.39 is 0 Å². The highest BCUT2D eigenvalue weighted by molar-refractivity contribution is 6.32. The molecule has 2 nitrogen and oxygen atoms in total. The first-order valence-electron chi connectivity index (χ1n) is 5.80. The lowest BCUT2D eigenvalue weighted by atomic mass is 9.78. The number of rotatable bonds is 2. The summed E-state index contributed by atoms with van der Waals surface area (Å²) in [6, 6.07) is 10.3. The predicted molar refractivity (Wildman–Crippen MR) is 78.4 cm³/mol. The number of aromatic hydroxyl groups is 2. The molecule has 0 saturated heterocycles. The fourth-order valence-corrected chi connectivity index (χ4v) is 2.20. The number of phenolic OH excluding ortho intramolecular Hbond substituents is 2. The van der Waals surface area contributed by atoms with Crippen molar-refractivity contribution in [1.82, 2.24) is 0 Å². The first-order valence-corrected chi connectivity index (χ1v) is 6.56. The van der Waals surface area contributed by atoms with E-state index in [4.69, 9.17) is 23.2 Å². The van der Waals surface area contributed by atoms with Gasteiger partial charge in [-0.25, -0.2) is 0 Å². The quantitative estimate of drug-likeness (QED) is 0.841. The van der Waals surface area contributed by atoms with Gasteiger partial charge in [-0.2, -0.15) is 0 Å². The molecule has 0 bridgehead atoms. The van der Waals surface area contributed by atoms with Crippen molar-refractivity contribution in [2.45, 2.75) is 19.3 Å². The molecule has 0 spiro atoms.